The van der Waals surface area contributed by atoms with Gasteiger partial charge in [-0.1, -0.05) is 60.3 Å². The topological polar surface area (TPSA) is 65.0 Å². The molecule has 0 amide bonds. The summed E-state index contributed by atoms with van der Waals surface area (Å²) in [5.41, 5.74) is -0.199. The summed E-state index contributed by atoms with van der Waals surface area (Å²) in [6.07, 6.45) is -2.84. The zero-order chi connectivity index (χ0) is 21.7. The van der Waals surface area contributed by atoms with Crippen LogP contribution in [0.25, 0.3) is 0 Å². The summed E-state index contributed by atoms with van der Waals surface area (Å²) in [6.45, 7) is 7.53. The van der Waals surface area contributed by atoms with Gasteiger partial charge in [0.15, 0.2) is 6.10 Å². The molecule has 1 N–H and O–H groups in total. The smallest absolute Gasteiger partial charge is 0.311 e. The van der Waals surface area contributed by atoms with E-state index in [1.165, 1.54) is 11.8 Å². The highest BCUT2D eigenvalue weighted by atomic mass is 32.2. The molecule has 0 aromatic heterocycles. The molecule has 1 aliphatic rings. The Balaban J connectivity index is 1.84. The molecule has 2 aromatic carbocycles. The molecule has 0 radical (unpaired) electrons. The minimum atomic E-state index is -0.917. The lowest BCUT2D eigenvalue weighted by Crippen LogP contribution is -2.58. The summed E-state index contributed by atoms with van der Waals surface area (Å²) in [6, 6.07) is 19.5. The van der Waals surface area contributed by atoms with Gasteiger partial charge in [-0.25, -0.2) is 0 Å². The zero-order valence-corrected chi connectivity index (χ0v) is 18.7. The van der Waals surface area contributed by atoms with Crippen LogP contribution in [0.2, 0.25) is 0 Å². The van der Waals surface area contributed by atoms with Crippen molar-refractivity contribution in [1.82, 2.24) is 0 Å². The molecular weight excluding hydrogens is 400 g/mol. The number of aliphatic hydroxyl groups is 1. The van der Waals surface area contributed by atoms with E-state index in [1.807, 2.05) is 67.6 Å². The molecule has 5 atom stereocenters. The zero-order valence-electron chi connectivity index (χ0n) is 17.9. The predicted molar refractivity (Wildman–Crippen MR) is 117 cm³/mol. The fourth-order valence-corrected chi connectivity index (χ4v) is 4.25. The lowest BCUT2D eigenvalue weighted by atomic mass is 9.96. The van der Waals surface area contributed by atoms with E-state index < -0.39 is 35.3 Å². The molecule has 1 fully saturated rings. The molecule has 5 nitrogen and oxygen atoms in total. The molecule has 0 saturated carbocycles. The molecule has 2 aromatic rings. The fraction of sp³-hybridized carbons (Fsp3) is 0.458. The third kappa shape index (κ3) is 5.85. The van der Waals surface area contributed by atoms with Crippen molar-refractivity contribution in [2.45, 2.75) is 69.0 Å². The Morgan fingerprint density at radius 2 is 1.63 bits per heavy atom. The number of carbonyl (C=O) groups is 1. The fourth-order valence-electron chi connectivity index (χ4n) is 3.10. The van der Waals surface area contributed by atoms with Crippen LogP contribution < -0.4 is 0 Å². The summed E-state index contributed by atoms with van der Waals surface area (Å²) < 4.78 is 18.1. The van der Waals surface area contributed by atoms with Gasteiger partial charge >= 0.3 is 5.97 Å². The predicted octanol–water partition coefficient (Wildman–Crippen LogP) is 4.43. The second-order valence-corrected chi connectivity index (χ2v) is 9.68. The lowest BCUT2D eigenvalue weighted by Gasteiger charge is -2.43. The number of thioether (sulfide) groups is 1. The molecular formula is C24H30O5S. The maximum absolute atomic E-state index is 12.7. The molecule has 3 rings (SSSR count). The van der Waals surface area contributed by atoms with Gasteiger partial charge in [0.25, 0.3) is 0 Å². The van der Waals surface area contributed by atoms with E-state index in [1.54, 1.807) is 20.8 Å². The summed E-state index contributed by atoms with van der Waals surface area (Å²) in [5, 5.41) is 10.8. The summed E-state index contributed by atoms with van der Waals surface area (Å²) >= 11 is 1.47. The van der Waals surface area contributed by atoms with Crippen LogP contribution in [-0.4, -0.2) is 40.9 Å². The van der Waals surface area contributed by atoms with Crippen LogP contribution in [0.1, 0.15) is 33.3 Å². The maximum atomic E-state index is 12.7. The van der Waals surface area contributed by atoms with Crippen molar-refractivity contribution in [3.63, 3.8) is 0 Å². The third-order valence-electron chi connectivity index (χ3n) is 4.89. The van der Waals surface area contributed by atoms with Crippen LogP contribution in [-0.2, 0) is 25.6 Å². The van der Waals surface area contributed by atoms with Gasteiger partial charge in [-0.3, -0.25) is 4.79 Å². The van der Waals surface area contributed by atoms with Crippen LogP contribution in [0.5, 0.6) is 0 Å². The van der Waals surface area contributed by atoms with Crippen molar-refractivity contribution in [1.29, 1.82) is 0 Å². The number of carbonyl (C=O) groups excluding carboxylic acids is 1. The standard InChI is InChI=1S/C24H30O5S/c1-16-19(25)20(27-15-17-11-7-5-8-12-17)21(29-23(26)24(2,3)4)22(28-16)30-18-13-9-6-10-14-18/h5-14,16,19-22,25H,15H2,1-4H3/t16-,19-,20+,21+,22-/m0/s1. The molecule has 0 bridgehead atoms. The van der Waals surface area contributed by atoms with E-state index in [4.69, 9.17) is 14.2 Å². The molecule has 162 valence electrons. The van der Waals surface area contributed by atoms with E-state index in [0.29, 0.717) is 6.61 Å². The molecule has 0 spiro atoms. The largest absolute Gasteiger partial charge is 0.455 e. The quantitative estimate of drug-likeness (QED) is 0.684. The Morgan fingerprint density at radius 3 is 2.23 bits per heavy atom. The number of aliphatic hydroxyl groups excluding tert-OH is 1. The monoisotopic (exact) mass is 430 g/mol. The van der Waals surface area contributed by atoms with Crippen molar-refractivity contribution in [2.75, 3.05) is 0 Å². The lowest BCUT2D eigenvalue weighted by molar-refractivity contribution is -0.228. The van der Waals surface area contributed by atoms with Crippen LogP contribution in [0.15, 0.2) is 65.6 Å². The Labute approximate surface area is 182 Å². The van der Waals surface area contributed by atoms with E-state index in [-0.39, 0.29) is 5.97 Å². The first kappa shape index (κ1) is 22.8. The van der Waals surface area contributed by atoms with Gasteiger partial charge in [0.05, 0.1) is 18.1 Å². The highest BCUT2D eigenvalue weighted by molar-refractivity contribution is 7.99. The summed E-state index contributed by atoms with van der Waals surface area (Å²) in [4.78, 5) is 13.7. The number of benzene rings is 2. The van der Waals surface area contributed by atoms with Crippen LogP contribution in [0, 0.1) is 5.41 Å². The van der Waals surface area contributed by atoms with Gasteiger partial charge in [0.1, 0.15) is 17.6 Å². The van der Waals surface area contributed by atoms with Gasteiger partial charge in [-0.15, -0.1) is 0 Å². The first-order chi connectivity index (χ1) is 14.3. The number of hydrogen-bond acceptors (Lipinski definition) is 6. The maximum Gasteiger partial charge on any atom is 0.311 e. The van der Waals surface area contributed by atoms with Gasteiger partial charge < -0.3 is 19.3 Å². The van der Waals surface area contributed by atoms with Crippen molar-refractivity contribution >= 4 is 17.7 Å². The molecule has 30 heavy (non-hydrogen) atoms. The molecule has 1 aliphatic heterocycles. The molecule has 1 saturated heterocycles. The first-order valence-electron chi connectivity index (χ1n) is 10.2. The van der Waals surface area contributed by atoms with E-state index >= 15 is 0 Å². The van der Waals surface area contributed by atoms with Crippen LogP contribution in [0.3, 0.4) is 0 Å². The Kier molecular flexibility index (Phi) is 7.58. The van der Waals surface area contributed by atoms with Crippen molar-refractivity contribution < 1.29 is 24.1 Å². The molecule has 6 heteroatoms. The highest BCUT2D eigenvalue weighted by Crippen LogP contribution is 2.37. The van der Waals surface area contributed by atoms with Gasteiger partial charge in [-0.05, 0) is 45.4 Å². The molecule has 1 heterocycles. The summed E-state index contributed by atoms with van der Waals surface area (Å²) in [7, 11) is 0. The van der Waals surface area contributed by atoms with Gasteiger partial charge in [0, 0.05) is 4.90 Å². The Bertz CT molecular complexity index is 805. The Hall–Kier alpha value is -1.86. The van der Waals surface area contributed by atoms with Crippen molar-refractivity contribution in [2.24, 2.45) is 5.41 Å². The average Bonchev–Trinajstić information content (AvgIpc) is 2.72. The molecule has 0 aliphatic carbocycles. The minimum absolute atomic E-state index is 0.307. The first-order valence-corrected chi connectivity index (χ1v) is 11.1. The third-order valence-corrected chi connectivity index (χ3v) is 6.05. The normalized spacial score (nSPS) is 26.9. The summed E-state index contributed by atoms with van der Waals surface area (Å²) in [5.74, 6) is -0.357. The van der Waals surface area contributed by atoms with E-state index in [0.717, 1.165) is 10.5 Å². The minimum Gasteiger partial charge on any atom is -0.455 e. The van der Waals surface area contributed by atoms with Crippen LogP contribution in [0.4, 0.5) is 0 Å². The van der Waals surface area contributed by atoms with Crippen molar-refractivity contribution in [3.05, 3.63) is 66.2 Å². The molecule has 0 unspecified atom stereocenters. The second kappa shape index (κ2) is 9.96. The SMILES string of the molecule is C[C@@H]1O[C@@H](Sc2ccccc2)[C@H](OC(=O)C(C)(C)C)[C@H](OCc2ccccc2)[C@H]1O. The number of ether oxygens (including phenoxy) is 3. The van der Waals surface area contributed by atoms with Crippen molar-refractivity contribution in [3.8, 4) is 0 Å². The number of hydrogen-bond donors (Lipinski definition) is 1. The van der Waals surface area contributed by atoms with Gasteiger partial charge in [0.2, 0.25) is 0 Å². The Morgan fingerprint density at radius 1 is 1.03 bits per heavy atom. The highest BCUT2D eigenvalue weighted by Gasteiger charge is 2.48. The van der Waals surface area contributed by atoms with Crippen LogP contribution >= 0.6 is 11.8 Å². The van der Waals surface area contributed by atoms with E-state index in [9.17, 15) is 9.90 Å². The average molecular weight is 431 g/mol. The second-order valence-electron chi connectivity index (χ2n) is 8.51. The van der Waals surface area contributed by atoms with E-state index in [2.05, 4.69) is 0 Å². The number of rotatable bonds is 6. The number of esters is 1. The van der Waals surface area contributed by atoms with Gasteiger partial charge in [-0.2, -0.15) is 0 Å².